The van der Waals surface area contributed by atoms with Crippen LogP contribution in [0.2, 0.25) is 0 Å². The van der Waals surface area contributed by atoms with Crippen molar-refractivity contribution in [2.24, 2.45) is 5.92 Å². The third-order valence-corrected chi connectivity index (χ3v) is 3.90. The largest absolute Gasteiger partial charge is 0.392 e. The third kappa shape index (κ3) is 5.36. The van der Waals surface area contributed by atoms with E-state index in [9.17, 15) is 10.2 Å². The molecule has 0 aromatic carbocycles. The van der Waals surface area contributed by atoms with E-state index in [0.717, 1.165) is 12.8 Å². The van der Waals surface area contributed by atoms with Crippen LogP contribution < -0.4 is 5.32 Å². The molecule has 17 heavy (non-hydrogen) atoms. The number of hydrogen-bond acceptors (Lipinski definition) is 3. The van der Waals surface area contributed by atoms with Gasteiger partial charge in [0, 0.05) is 19.0 Å². The molecule has 1 fully saturated rings. The van der Waals surface area contributed by atoms with Gasteiger partial charge < -0.3 is 15.5 Å². The molecule has 0 saturated heterocycles. The lowest BCUT2D eigenvalue weighted by Gasteiger charge is -2.37. The second kappa shape index (κ2) is 6.72. The molecule has 0 unspecified atom stereocenters. The Morgan fingerprint density at radius 1 is 1.24 bits per heavy atom. The minimum Gasteiger partial charge on any atom is -0.392 e. The van der Waals surface area contributed by atoms with Gasteiger partial charge in [-0.2, -0.15) is 0 Å². The molecule has 0 amide bonds. The Hall–Kier alpha value is -0.120. The Morgan fingerprint density at radius 2 is 1.82 bits per heavy atom. The molecule has 1 saturated carbocycles. The second-order valence-electron chi connectivity index (χ2n) is 6.11. The molecule has 1 rings (SSSR count). The molecule has 3 N–H and O–H groups in total. The number of hydrogen-bond donors (Lipinski definition) is 3. The summed E-state index contributed by atoms with van der Waals surface area (Å²) < 4.78 is 0. The average Bonchev–Trinajstić information content (AvgIpc) is 2.27. The van der Waals surface area contributed by atoms with Gasteiger partial charge in [-0.3, -0.25) is 0 Å². The molecular weight excluding hydrogens is 214 g/mol. The lowest BCUT2D eigenvalue weighted by atomic mass is 9.75. The molecule has 0 heterocycles. The van der Waals surface area contributed by atoms with E-state index in [0.29, 0.717) is 24.9 Å². The van der Waals surface area contributed by atoms with Crippen LogP contribution in [0.5, 0.6) is 0 Å². The van der Waals surface area contributed by atoms with Crippen LogP contribution >= 0.6 is 0 Å². The molecule has 102 valence electrons. The van der Waals surface area contributed by atoms with E-state index >= 15 is 0 Å². The Kier molecular flexibility index (Phi) is 5.90. The van der Waals surface area contributed by atoms with E-state index in [2.05, 4.69) is 19.2 Å². The van der Waals surface area contributed by atoms with E-state index in [1.165, 1.54) is 19.3 Å². The van der Waals surface area contributed by atoms with E-state index in [1.54, 1.807) is 0 Å². The SMILES string of the molecule is CC(C)NC[C@@H](O)C[C@@](C)(O)C1CCCCC1. The highest BCUT2D eigenvalue weighted by Crippen LogP contribution is 2.35. The van der Waals surface area contributed by atoms with Gasteiger partial charge >= 0.3 is 0 Å². The van der Waals surface area contributed by atoms with Crippen LogP contribution in [-0.4, -0.2) is 34.5 Å². The molecule has 3 nitrogen and oxygen atoms in total. The Morgan fingerprint density at radius 3 is 2.35 bits per heavy atom. The summed E-state index contributed by atoms with van der Waals surface area (Å²) in [7, 11) is 0. The van der Waals surface area contributed by atoms with Crippen LogP contribution in [0.15, 0.2) is 0 Å². The van der Waals surface area contributed by atoms with Crippen molar-refractivity contribution >= 4 is 0 Å². The molecule has 0 aromatic rings. The Bertz CT molecular complexity index is 210. The maximum absolute atomic E-state index is 10.5. The number of nitrogens with one attached hydrogen (secondary N) is 1. The molecule has 2 atom stereocenters. The summed E-state index contributed by atoms with van der Waals surface area (Å²) in [5.74, 6) is 0.366. The van der Waals surface area contributed by atoms with Crippen molar-refractivity contribution in [1.29, 1.82) is 0 Å². The van der Waals surface area contributed by atoms with Crippen molar-refractivity contribution in [1.82, 2.24) is 5.32 Å². The number of aliphatic hydroxyl groups excluding tert-OH is 1. The van der Waals surface area contributed by atoms with Crippen LogP contribution in [0.3, 0.4) is 0 Å². The second-order valence-corrected chi connectivity index (χ2v) is 6.11. The molecule has 0 bridgehead atoms. The highest BCUT2D eigenvalue weighted by atomic mass is 16.3. The van der Waals surface area contributed by atoms with Crippen molar-refractivity contribution in [3.8, 4) is 0 Å². The zero-order valence-electron chi connectivity index (χ0n) is 11.6. The first-order valence-corrected chi connectivity index (χ1v) is 7.05. The predicted octanol–water partition coefficient (Wildman–Crippen LogP) is 2.07. The van der Waals surface area contributed by atoms with Crippen molar-refractivity contribution in [2.75, 3.05) is 6.54 Å². The summed E-state index contributed by atoms with van der Waals surface area (Å²) >= 11 is 0. The fourth-order valence-electron chi connectivity index (χ4n) is 2.81. The summed E-state index contributed by atoms with van der Waals surface area (Å²) in [5.41, 5.74) is -0.710. The molecule has 1 aliphatic rings. The molecular formula is C14H29NO2. The molecule has 3 heteroatoms. The molecule has 0 spiro atoms. The lowest BCUT2D eigenvalue weighted by Crippen LogP contribution is -2.42. The topological polar surface area (TPSA) is 52.5 Å². The van der Waals surface area contributed by atoms with Gasteiger partial charge in [0.25, 0.3) is 0 Å². The normalized spacial score (nSPS) is 23.6. The summed E-state index contributed by atoms with van der Waals surface area (Å²) in [5, 5.41) is 23.6. The van der Waals surface area contributed by atoms with Gasteiger partial charge in [0.05, 0.1) is 11.7 Å². The van der Waals surface area contributed by atoms with E-state index in [1.807, 2.05) is 6.92 Å². The number of rotatable bonds is 6. The van der Waals surface area contributed by atoms with Gasteiger partial charge in [0.2, 0.25) is 0 Å². The first-order chi connectivity index (χ1) is 7.92. The van der Waals surface area contributed by atoms with Crippen LogP contribution in [0.25, 0.3) is 0 Å². The Labute approximate surface area is 106 Å². The monoisotopic (exact) mass is 243 g/mol. The fourth-order valence-corrected chi connectivity index (χ4v) is 2.81. The molecule has 1 aliphatic carbocycles. The van der Waals surface area contributed by atoms with Crippen LogP contribution in [-0.2, 0) is 0 Å². The van der Waals surface area contributed by atoms with Gasteiger partial charge in [0.1, 0.15) is 0 Å². The van der Waals surface area contributed by atoms with Gasteiger partial charge in [-0.15, -0.1) is 0 Å². The van der Waals surface area contributed by atoms with Crippen molar-refractivity contribution in [3.63, 3.8) is 0 Å². The molecule has 0 radical (unpaired) electrons. The first-order valence-electron chi connectivity index (χ1n) is 7.05. The summed E-state index contributed by atoms with van der Waals surface area (Å²) in [6.07, 6.45) is 5.99. The smallest absolute Gasteiger partial charge is 0.0692 e. The maximum Gasteiger partial charge on any atom is 0.0692 e. The molecule has 0 aliphatic heterocycles. The van der Waals surface area contributed by atoms with Crippen LogP contribution in [0.4, 0.5) is 0 Å². The van der Waals surface area contributed by atoms with Gasteiger partial charge in [-0.1, -0.05) is 33.1 Å². The summed E-state index contributed by atoms with van der Waals surface area (Å²) in [6.45, 7) is 6.58. The lowest BCUT2D eigenvalue weighted by molar-refractivity contribution is -0.0525. The standard InChI is InChI=1S/C14H29NO2/c1-11(2)15-10-13(16)9-14(3,17)12-7-5-4-6-8-12/h11-13,15-17H,4-10H2,1-3H3/t13-,14+/m0/s1. The van der Waals surface area contributed by atoms with E-state index < -0.39 is 11.7 Å². The fraction of sp³-hybridized carbons (Fsp3) is 1.00. The summed E-state index contributed by atoms with van der Waals surface area (Å²) in [4.78, 5) is 0. The quantitative estimate of drug-likeness (QED) is 0.669. The highest BCUT2D eigenvalue weighted by Gasteiger charge is 2.34. The first kappa shape index (κ1) is 14.9. The number of aliphatic hydroxyl groups is 2. The zero-order chi connectivity index (χ0) is 12.9. The van der Waals surface area contributed by atoms with Gasteiger partial charge in [-0.25, -0.2) is 0 Å². The Balaban J connectivity index is 2.35. The maximum atomic E-state index is 10.5. The third-order valence-electron chi connectivity index (χ3n) is 3.90. The highest BCUT2D eigenvalue weighted by molar-refractivity contribution is 4.86. The van der Waals surface area contributed by atoms with Crippen LogP contribution in [0.1, 0.15) is 59.3 Å². The minimum absolute atomic E-state index is 0.366. The van der Waals surface area contributed by atoms with Gasteiger partial charge in [-0.05, 0) is 25.7 Å². The zero-order valence-corrected chi connectivity index (χ0v) is 11.6. The molecule has 0 aromatic heterocycles. The predicted molar refractivity (Wildman–Crippen MR) is 71.0 cm³/mol. The van der Waals surface area contributed by atoms with E-state index in [-0.39, 0.29) is 0 Å². The van der Waals surface area contributed by atoms with Crippen LogP contribution in [0, 0.1) is 5.92 Å². The van der Waals surface area contributed by atoms with Crippen molar-refractivity contribution < 1.29 is 10.2 Å². The summed E-state index contributed by atoms with van der Waals surface area (Å²) in [6, 6.07) is 0.379. The van der Waals surface area contributed by atoms with Crippen molar-refractivity contribution in [2.45, 2.75) is 77.0 Å². The minimum atomic E-state index is -0.710. The van der Waals surface area contributed by atoms with Crippen molar-refractivity contribution in [3.05, 3.63) is 0 Å². The van der Waals surface area contributed by atoms with E-state index in [4.69, 9.17) is 0 Å². The van der Waals surface area contributed by atoms with Gasteiger partial charge in [0.15, 0.2) is 0 Å². The average molecular weight is 243 g/mol.